The van der Waals surface area contributed by atoms with Gasteiger partial charge in [0.2, 0.25) is 0 Å². The maximum absolute atomic E-state index is 10.0. The van der Waals surface area contributed by atoms with Crippen LogP contribution in [0.4, 0.5) is 0 Å². The molecule has 58 valence electrons. The van der Waals surface area contributed by atoms with Crippen LogP contribution in [0.25, 0.3) is 0 Å². The Morgan fingerprint density at radius 1 is 1.70 bits per heavy atom. The van der Waals surface area contributed by atoms with E-state index in [0.29, 0.717) is 12.8 Å². The van der Waals surface area contributed by atoms with Crippen molar-refractivity contribution in [2.45, 2.75) is 25.4 Å². The highest BCUT2D eigenvalue weighted by molar-refractivity contribution is 5.71. The normalized spacial score (nSPS) is 12.5. The molecule has 0 bridgehead atoms. The predicted octanol–water partition coefficient (Wildman–Crippen LogP) is 0.788. The summed E-state index contributed by atoms with van der Waals surface area (Å²) in [6.45, 7) is 3.47. The smallest absolute Gasteiger partial charge is 0.332 e. The summed E-state index contributed by atoms with van der Waals surface area (Å²) in [4.78, 5) is 10.0. The lowest BCUT2D eigenvalue weighted by Crippen LogP contribution is -2.18. The molecule has 3 nitrogen and oxygen atoms in total. The number of unbranched alkanes of at least 4 members (excludes halogenated alkanes) is 1. The van der Waals surface area contributed by atoms with E-state index in [9.17, 15) is 4.79 Å². The standard InChI is InChI=1S/C7H12O3/c1-2-3-4-5-6(8)7(9)10/h2,6,8H,1,3-5H2,(H,9,10)/t6-/m1/s1. The van der Waals surface area contributed by atoms with Gasteiger partial charge in [0, 0.05) is 0 Å². The van der Waals surface area contributed by atoms with Crippen molar-refractivity contribution in [1.29, 1.82) is 0 Å². The van der Waals surface area contributed by atoms with Crippen LogP contribution in [0.3, 0.4) is 0 Å². The number of aliphatic carboxylic acids is 1. The van der Waals surface area contributed by atoms with E-state index in [1.807, 2.05) is 0 Å². The number of rotatable bonds is 5. The Morgan fingerprint density at radius 3 is 2.70 bits per heavy atom. The van der Waals surface area contributed by atoms with Crippen LogP contribution >= 0.6 is 0 Å². The summed E-state index contributed by atoms with van der Waals surface area (Å²) in [5.41, 5.74) is 0. The summed E-state index contributed by atoms with van der Waals surface area (Å²) < 4.78 is 0. The molecule has 0 heterocycles. The number of hydrogen-bond donors (Lipinski definition) is 2. The van der Waals surface area contributed by atoms with E-state index in [2.05, 4.69) is 6.58 Å². The number of carbonyl (C=O) groups is 1. The molecule has 0 rings (SSSR count). The minimum Gasteiger partial charge on any atom is -0.479 e. The Bertz CT molecular complexity index is 120. The Labute approximate surface area is 60.0 Å². The van der Waals surface area contributed by atoms with Crippen molar-refractivity contribution < 1.29 is 15.0 Å². The molecule has 0 aromatic carbocycles. The van der Waals surface area contributed by atoms with Crippen LogP contribution in [0.15, 0.2) is 12.7 Å². The fourth-order valence-electron chi connectivity index (χ4n) is 0.579. The van der Waals surface area contributed by atoms with Gasteiger partial charge in [0.15, 0.2) is 6.10 Å². The second-order valence-corrected chi connectivity index (χ2v) is 2.07. The zero-order chi connectivity index (χ0) is 7.98. The van der Waals surface area contributed by atoms with E-state index in [-0.39, 0.29) is 0 Å². The van der Waals surface area contributed by atoms with E-state index in [4.69, 9.17) is 10.2 Å². The van der Waals surface area contributed by atoms with E-state index in [0.717, 1.165) is 6.42 Å². The Morgan fingerprint density at radius 2 is 2.30 bits per heavy atom. The van der Waals surface area contributed by atoms with E-state index >= 15 is 0 Å². The minimum atomic E-state index is -1.21. The maximum atomic E-state index is 10.0. The number of carboxylic acids is 1. The first kappa shape index (κ1) is 9.17. The average molecular weight is 144 g/mol. The molecule has 0 unspecified atom stereocenters. The molecule has 2 N–H and O–H groups in total. The van der Waals surface area contributed by atoms with Crippen molar-refractivity contribution >= 4 is 5.97 Å². The quantitative estimate of drug-likeness (QED) is 0.443. The zero-order valence-electron chi connectivity index (χ0n) is 5.79. The molecule has 0 fully saturated rings. The molecule has 1 atom stereocenters. The van der Waals surface area contributed by atoms with Crippen LogP contribution in [0.2, 0.25) is 0 Å². The highest BCUT2D eigenvalue weighted by atomic mass is 16.4. The third-order valence-corrected chi connectivity index (χ3v) is 1.17. The van der Waals surface area contributed by atoms with Gasteiger partial charge in [-0.3, -0.25) is 0 Å². The van der Waals surface area contributed by atoms with Gasteiger partial charge in [-0.1, -0.05) is 6.08 Å². The number of allylic oxidation sites excluding steroid dienone is 1. The first-order valence-electron chi connectivity index (χ1n) is 3.20. The van der Waals surface area contributed by atoms with Gasteiger partial charge in [0.25, 0.3) is 0 Å². The molecule has 0 saturated carbocycles. The van der Waals surface area contributed by atoms with Crippen LogP contribution in [0.1, 0.15) is 19.3 Å². The van der Waals surface area contributed by atoms with Gasteiger partial charge in [-0.2, -0.15) is 0 Å². The highest BCUT2D eigenvalue weighted by Crippen LogP contribution is 2.00. The van der Waals surface area contributed by atoms with E-state index in [1.165, 1.54) is 0 Å². The lowest BCUT2D eigenvalue weighted by atomic mass is 10.1. The SMILES string of the molecule is C=CCCC[C@@H](O)C(=O)O. The lowest BCUT2D eigenvalue weighted by Gasteiger charge is -2.01. The lowest BCUT2D eigenvalue weighted by molar-refractivity contribution is -0.146. The molecule has 0 aliphatic heterocycles. The molecule has 0 spiro atoms. The third kappa shape index (κ3) is 4.09. The van der Waals surface area contributed by atoms with Crippen LogP contribution in [0, 0.1) is 0 Å². The maximum Gasteiger partial charge on any atom is 0.332 e. The van der Waals surface area contributed by atoms with Crippen molar-refractivity contribution in [3.05, 3.63) is 12.7 Å². The molecule has 0 aromatic rings. The number of hydrogen-bond acceptors (Lipinski definition) is 2. The molecule has 0 amide bonds. The van der Waals surface area contributed by atoms with Gasteiger partial charge in [0.05, 0.1) is 0 Å². The monoisotopic (exact) mass is 144 g/mol. The second kappa shape index (κ2) is 4.99. The van der Waals surface area contributed by atoms with E-state index < -0.39 is 12.1 Å². The summed E-state index contributed by atoms with van der Waals surface area (Å²) in [6.07, 6.45) is 2.23. The van der Waals surface area contributed by atoms with Crippen LogP contribution < -0.4 is 0 Å². The van der Waals surface area contributed by atoms with Gasteiger partial charge in [-0.25, -0.2) is 4.79 Å². The molecule has 0 radical (unpaired) electrons. The first-order chi connectivity index (χ1) is 4.68. The van der Waals surface area contributed by atoms with Crippen molar-refractivity contribution in [3.63, 3.8) is 0 Å². The summed E-state index contributed by atoms with van der Waals surface area (Å²) in [6, 6.07) is 0. The van der Waals surface area contributed by atoms with E-state index in [1.54, 1.807) is 6.08 Å². The summed E-state index contributed by atoms with van der Waals surface area (Å²) >= 11 is 0. The molecule has 0 aliphatic rings. The molecule has 3 heteroatoms. The summed E-state index contributed by atoms with van der Waals surface area (Å²) in [7, 11) is 0. The summed E-state index contributed by atoms with van der Waals surface area (Å²) in [5, 5.41) is 16.9. The van der Waals surface area contributed by atoms with Crippen LogP contribution in [-0.4, -0.2) is 22.3 Å². The molecular weight excluding hydrogens is 132 g/mol. The third-order valence-electron chi connectivity index (χ3n) is 1.17. The Hall–Kier alpha value is -0.830. The van der Waals surface area contributed by atoms with Gasteiger partial charge < -0.3 is 10.2 Å². The van der Waals surface area contributed by atoms with Gasteiger partial charge in [0.1, 0.15) is 0 Å². The van der Waals surface area contributed by atoms with Gasteiger partial charge >= 0.3 is 5.97 Å². The van der Waals surface area contributed by atoms with Crippen molar-refractivity contribution in [3.8, 4) is 0 Å². The molecule has 0 aromatic heterocycles. The van der Waals surface area contributed by atoms with Gasteiger partial charge in [-0.05, 0) is 19.3 Å². The molecular formula is C7H12O3. The predicted molar refractivity (Wildman–Crippen MR) is 37.7 cm³/mol. The largest absolute Gasteiger partial charge is 0.479 e. The number of aliphatic hydroxyl groups is 1. The van der Waals surface area contributed by atoms with Crippen molar-refractivity contribution in [2.75, 3.05) is 0 Å². The van der Waals surface area contributed by atoms with Crippen LogP contribution in [-0.2, 0) is 4.79 Å². The van der Waals surface area contributed by atoms with Gasteiger partial charge in [-0.15, -0.1) is 6.58 Å². The summed E-state index contributed by atoms with van der Waals surface area (Å²) in [5.74, 6) is -1.15. The Kier molecular flexibility index (Phi) is 4.58. The van der Waals surface area contributed by atoms with Crippen LogP contribution in [0.5, 0.6) is 0 Å². The molecule has 10 heavy (non-hydrogen) atoms. The minimum absolute atomic E-state index is 0.307. The number of aliphatic hydroxyl groups excluding tert-OH is 1. The van der Waals surface area contributed by atoms with Crippen molar-refractivity contribution in [1.82, 2.24) is 0 Å². The molecule has 0 aliphatic carbocycles. The van der Waals surface area contributed by atoms with Crippen molar-refractivity contribution in [2.24, 2.45) is 0 Å². The topological polar surface area (TPSA) is 57.5 Å². The fourth-order valence-corrected chi connectivity index (χ4v) is 0.579. The average Bonchev–Trinajstić information content (AvgIpc) is 1.88. The first-order valence-corrected chi connectivity index (χ1v) is 3.20. The zero-order valence-corrected chi connectivity index (χ0v) is 5.79. The fraction of sp³-hybridized carbons (Fsp3) is 0.571. The highest BCUT2D eigenvalue weighted by Gasteiger charge is 2.10. The molecule has 0 saturated heterocycles. The number of carboxylic acid groups (broad SMARTS) is 1. The second-order valence-electron chi connectivity index (χ2n) is 2.07. The Balaban J connectivity index is 3.30.